The van der Waals surface area contributed by atoms with Crippen LogP contribution in [0.1, 0.15) is 18.4 Å². The summed E-state index contributed by atoms with van der Waals surface area (Å²) in [5.74, 6) is -0.933. The van der Waals surface area contributed by atoms with E-state index in [0.29, 0.717) is 19.5 Å². The van der Waals surface area contributed by atoms with Crippen LogP contribution in [0.2, 0.25) is 0 Å². The number of hydrogen-bond donors (Lipinski definition) is 2. The maximum atomic E-state index is 12.1. The Bertz CT molecular complexity index is 432. The molecule has 1 aliphatic rings. The van der Waals surface area contributed by atoms with Gasteiger partial charge in [0.15, 0.2) is 0 Å². The maximum Gasteiger partial charge on any atom is 0.326 e. The minimum atomic E-state index is -0.933. The lowest BCUT2D eigenvalue weighted by molar-refractivity contribution is -0.141. The van der Waals surface area contributed by atoms with Gasteiger partial charge in [-0.15, -0.1) is 0 Å². The molecule has 98 valence electrons. The van der Waals surface area contributed by atoms with E-state index in [1.54, 1.807) is 19.4 Å². The SMILES string of the molecule is CN(Cc1cn[nH]c1)C(=O)N1CCC[C@@H]1C(=O)O. The van der Waals surface area contributed by atoms with Crippen molar-refractivity contribution in [3.63, 3.8) is 0 Å². The van der Waals surface area contributed by atoms with E-state index >= 15 is 0 Å². The summed E-state index contributed by atoms with van der Waals surface area (Å²) >= 11 is 0. The van der Waals surface area contributed by atoms with Gasteiger partial charge in [-0.3, -0.25) is 5.10 Å². The van der Waals surface area contributed by atoms with Crippen molar-refractivity contribution >= 4 is 12.0 Å². The molecule has 0 saturated carbocycles. The Labute approximate surface area is 104 Å². The normalized spacial score (nSPS) is 18.9. The monoisotopic (exact) mass is 252 g/mol. The molecule has 2 rings (SSSR count). The average molecular weight is 252 g/mol. The lowest BCUT2D eigenvalue weighted by Crippen LogP contribution is -2.46. The van der Waals surface area contributed by atoms with Gasteiger partial charge in [0.1, 0.15) is 6.04 Å². The van der Waals surface area contributed by atoms with Crippen LogP contribution in [0.5, 0.6) is 0 Å². The lowest BCUT2D eigenvalue weighted by atomic mass is 10.2. The van der Waals surface area contributed by atoms with Crippen molar-refractivity contribution in [2.75, 3.05) is 13.6 Å². The predicted molar refractivity (Wildman–Crippen MR) is 62.8 cm³/mol. The zero-order valence-corrected chi connectivity index (χ0v) is 10.2. The van der Waals surface area contributed by atoms with Crippen LogP contribution < -0.4 is 0 Å². The molecule has 1 fully saturated rings. The van der Waals surface area contributed by atoms with Crippen LogP contribution in [-0.4, -0.2) is 56.7 Å². The second-order valence-electron chi connectivity index (χ2n) is 4.43. The quantitative estimate of drug-likeness (QED) is 0.820. The number of urea groups is 1. The van der Waals surface area contributed by atoms with Crippen molar-refractivity contribution in [3.8, 4) is 0 Å². The maximum absolute atomic E-state index is 12.1. The van der Waals surface area contributed by atoms with Gasteiger partial charge in [0.05, 0.1) is 12.7 Å². The summed E-state index contributed by atoms with van der Waals surface area (Å²) in [5.41, 5.74) is 0.886. The zero-order chi connectivity index (χ0) is 13.1. The number of H-pyrrole nitrogens is 1. The number of likely N-dealkylation sites (tertiary alicyclic amines) is 1. The van der Waals surface area contributed by atoms with Crippen LogP contribution in [0.4, 0.5) is 4.79 Å². The van der Waals surface area contributed by atoms with Gasteiger partial charge in [0.25, 0.3) is 0 Å². The number of amides is 2. The van der Waals surface area contributed by atoms with Gasteiger partial charge < -0.3 is 14.9 Å². The fourth-order valence-corrected chi connectivity index (χ4v) is 2.18. The smallest absolute Gasteiger partial charge is 0.326 e. The number of rotatable bonds is 3. The topological polar surface area (TPSA) is 89.5 Å². The van der Waals surface area contributed by atoms with Crippen LogP contribution in [0.15, 0.2) is 12.4 Å². The van der Waals surface area contributed by atoms with Crippen molar-refractivity contribution in [1.29, 1.82) is 0 Å². The Balaban J connectivity index is 1.99. The molecular formula is C11H16N4O3. The summed E-state index contributed by atoms with van der Waals surface area (Å²) in [7, 11) is 1.66. The first kappa shape index (κ1) is 12.4. The van der Waals surface area contributed by atoms with Gasteiger partial charge in [-0.05, 0) is 12.8 Å². The Morgan fingerprint density at radius 1 is 1.67 bits per heavy atom. The van der Waals surface area contributed by atoms with E-state index in [2.05, 4.69) is 10.2 Å². The molecule has 1 atom stereocenters. The first-order chi connectivity index (χ1) is 8.59. The minimum absolute atomic E-state index is 0.249. The van der Waals surface area contributed by atoms with E-state index in [1.807, 2.05) is 0 Å². The first-order valence-electron chi connectivity index (χ1n) is 5.82. The van der Waals surface area contributed by atoms with Crippen LogP contribution in [-0.2, 0) is 11.3 Å². The number of aromatic amines is 1. The molecule has 0 bridgehead atoms. The molecule has 0 aromatic carbocycles. The van der Waals surface area contributed by atoms with Crippen molar-refractivity contribution < 1.29 is 14.7 Å². The molecular weight excluding hydrogens is 236 g/mol. The molecule has 1 saturated heterocycles. The third-order valence-electron chi connectivity index (χ3n) is 3.08. The van der Waals surface area contributed by atoms with Crippen molar-refractivity contribution in [2.24, 2.45) is 0 Å². The standard InChI is InChI=1S/C11H16N4O3/c1-14(7-8-5-12-13-6-8)11(18)15-4-2-3-9(15)10(16)17/h5-6,9H,2-4,7H2,1H3,(H,12,13)(H,16,17)/t9-/m1/s1. The number of nitrogens with one attached hydrogen (secondary N) is 1. The molecule has 2 amide bonds. The highest BCUT2D eigenvalue weighted by atomic mass is 16.4. The number of nitrogens with zero attached hydrogens (tertiary/aromatic N) is 3. The van der Waals surface area contributed by atoms with Crippen molar-refractivity contribution in [1.82, 2.24) is 20.0 Å². The number of carboxylic acids is 1. The summed E-state index contributed by atoms with van der Waals surface area (Å²) in [5, 5.41) is 15.5. The van der Waals surface area contributed by atoms with Crippen LogP contribution in [0, 0.1) is 0 Å². The van der Waals surface area contributed by atoms with Crippen LogP contribution in [0.3, 0.4) is 0 Å². The van der Waals surface area contributed by atoms with Crippen LogP contribution in [0.25, 0.3) is 0 Å². The van der Waals surface area contributed by atoms with Gasteiger partial charge in [-0.2, -0.15) is 5.10 Å². The fraction of sp³-hybridized carbons (Fsp3) is 0.545. The molecule has 0 spiro atoms. The molecule has 18 heavy (non-hydrogen) atoms. The third-order valence-corrected chi connectivity index (χ3v) is 3.08. The molecule has 7 heteroatoms. The highest BCUT2D eigenvalue weighted by Crippen LogP contribution is 2.19. The summed E-state index contributed by atoms with van der Waals surface area (Å²) < 4.78 is 0. The van der Waals surface area contributed by atoms with Gasteiger partial charge >= 0.3 is 12.0 Å². The second kappa shape index (κ2) is 5.07. The Morgan fingerprint density at radius 3 is 3.06 bits per heavy atom. The number of carbonyl (C=O) groups is 2. The Kier molecular flexibility index (Phi) is 3.50. The molecule has 2 heterocycles. The van der Waals surface area contributed by atoms with E-state index in [9.17, 15) is 9.59 Å². The number of aromatic nitrogens is 2. The Morgan fingerprint density at radius 2 is 2.44 bits per heavy atom. The van der Waals surface area contributed by atoms with E-state index in [4.69, 9.17) is 5.11 Å². The van der Waals surface area contributed by atoms with Gasteiger partial charge in [0, 0.05) is 25.4 Å². The molecule has 1 aliphatic heterocycles. The molecule has 1 aromatic rings. The second-order valence-corrected chi connectivity index (χ2v) is 4.43. The van der Waals surface area contributed by atoms with Crippen LogP contribution >= 0.6 is 0 Å². The summed E-state index contributed by atoms with van der Waals surface area (Å²) in [4.78, 5) is 26.1. The largest absolute Gasteiger partial charge is 0.480 e. The minimum Gasteiger partial charge on any atom is -0.480 e. The zero-order valence-electron chi connectivity index (χ0n) is 10.2. The molecule has 0 aliphatic carbocycles. The summed E-state index contributed by atoms with van der Waals surface area (Å²) in [6.45, 7) is 0.920. The van der Waals surface area contributed by atoms with Crippen molar-refractivity contribution in [3.05, 3.63) is 18.0 Å². The van der Waals surface area contributed by atoms with Gasteiger partial charge in [-0.25, -0.2) is 9.59 Å². The highest BCUT2D eigenvalue weighted by molar-refractivity contribution is 5.83. The van der Waals surface area contributed by atoms with Gasteiger partial charge in [-0.1, -0.05) is 0 Å². The van der Waals surface area contributed by atoms with E-state index in [1.165, 1.54) is 9.80 Å². The molecule has 0 unspecified atom stereocenters. The molecule has 7 nitrogen and oxygen atoms in total. The van der Waals surface area contributed by atoms with Gasteiger partial charge in [0.2, 0.25) is 0 Å². The number of hydrogen-bond acceptors (Lipinski definition) is 3. The number of aliphatic carboxylic acids is 1. The predicted octanol–water partition coefficient (Wildman–Crippen LogP) is 0.510. The van der Waals surface area contributed by atoms with E-state index in [-0.39, 0.29) is 6.03 Å². The lowest BCUT2D eigenvalue weighted by Gasteiger charge is -2.27. The fourth-order valence-electron chi connectivity index (χ4n) is 2.18. The summed E-state index contributed by atoms with van der Waals surface area (Å²) in [6.07, 6.45) is 4.62. The third kappa shape index (κ3) is 2.44. The first-order valence-corrected chi connectivity index (χ1v) is 5.82. The van der Waals surface area contributed by atoms with E-state index < -0.39 is 12.0 Å². The number of carboxylic acid groups (broad SMARTS) is 1. The summed E-state index contributed by atoms with van der Waals surface area (Å²) in [6, 6.07) is -0.939. The van der Waals surface area contributed by atoms with Crippen molar-refractivity contribution in [2.45, 2.75) is 25.4 Å². The highest BCUT2D eigenvalue weighted by Gasteiger charge is 2.35. The average Bonchev–Trinajstić information content (AvgIpc) is 2.97. The molecule has 2 N–H and O–H groups in total. The molecule has 1 aromatic heterocycles. The van der Waals surface area contributed by atoms with E-state index in [0.717, 1.165) is 12.0 Å². The number of carbonyl (C=O) groups excluding carboxylic acids is 1. The Hall–Kier alpha value is -2.05. The molecule has 0 radical (unpaired) electrons.